The molecule has 0 radical (unpaired) electrons. The van der Waals surface area contributed by atoms with Crippen molar-refractivity contribution in [2.45, 2.75) is 18.4 Å². The predicted molar refractivity (Wildman–Crippen MR) is 84.3 cm³/mol. The highest BCUT2D eigenvalue weighted by molar-refractivity contribution is 5.99. The number of hydrogen-bond donors (Lipinski definition) is 3. The van der Waals surface area contributed by atoms with Gasteiger partial charge in [-0.05, 0) is 23.9 Å². The van der Waals surface area contributed by atoms with Crippen LogP contribution in [0.4, 0.5) is 8.78 Å². The summed E-state index contributed by atoms with van der Waals surface area (Å²) in [6, 6.07) is 6.66. The molecule has 1 saturated heterocycles. The second-order valence-corrected chi connectivity index (χ2v) is 6.13. The Balaban J connectivity index is 1.92. The molecular formula is C16H15F2N3O4. The largest absolute Gasteiger partial charge is 0.379 e. The van der Waals surface area contributed by atoms with Crippen LogP contribution in [-0.4, -0.2) is 51.4 Å². The molecule has 2 heterocycles. The molecule has 0 atom stereocenters. The first kappa shape index (κ1) is 17.0. The number of nitrogens with zero attached hydrogens (tertiary/aromatic N) is 1. The molecule has 132 valence electrons. The summed E-state index contributed by atoms with van der Waals surface area (Å²) < 4.78 is 27.3. The summed E-state index contributed by atoms with van der Waals surface area (Å²) in [6.45, 7) is 0.0850. The van der Waals surface area contributed by atoms with Crippen LogP contribution in [-0.2, 0) is 4.79 Å². The number of fused-ring (bicyclic) bond motifs is 1. The minimum Gasteiger partial charge on any atom is -0.379 e. The summed E-state index contributed by atoms with van der Waals surface area (Å²) in [5, 5.41) is 10.8. The number of likely N-dealkylation sites (tertiary alicyclic amines) is 1. The summed E-state index contributed by atoms with van der Waals surface area (Å²) in [4.78, 5) is 38.8. The zero-order valence-corrected chi connectivity index (χ0v) is 13.2. The molecule has 1 aliphatic heterocycles. The van der Waals surface area contributed by atoms with Crippen LogP contribution in [0.1, 0.15) is 16.1 Å². The summed E-state index contributed by atoms with van der Waals surface area (Å²) >= 11 is 0. The number of aryl methyl sites for hydroxylation is 1. The summed E-state index contributed by atoms with van der Waals surface area (Å²) in [5.74, 6) is -6.84. The summed E-state index contributed by atoms with van der Waals surface area (Å²) in [5.41, 5.74) is 1.85. The van der Waals surface area contributed by atoms with Crippen LogP contribution in [0.5, 0.6) is 0 Å². The lowest BCUT2D eigenvalue weighted by Crippen LogP contribution is -2.74. The number of H-pyrrole nitrogens is 1. The quantitative estimate of drug-likeness (QED) is 0.729. The number of carbonyl (C=O) groups excluding carboxylic acids is 2. The first-order valence-corrected chi connectivity index (χ1v) is 7.39. The standard InChI is InChI=1S/C16H15F2N3O4/c1-8-9-4-2-3-5-10(9)12(22)20-11(8)13(23)21-6-15(25,7-21)16(17,18)14(19)24/h2-5,25H,6-7H2,1H3,(H2,19,24)(H,20,22). The van der Waals surface area contributed by atoms with E-state index in [4.69, 9.17) is 0 Å². The number of pyridine rings is 1. The third-order valence-corrected chi connectivity index (χ3v) is 4.49. The van der Waals surface area contributed by atoms with Crippen molar-refractivity contribution < 1.29 is 23.5 Å². The number of nitrogens with one attached hydrogen (secondary N) is 1. The predicted octanol–water partition coefficient (Wildman–Crippen LogP) is 0.144. The van der Waals surface area contributed by atoms with E-state index in [9.17, 15) is 28.3 Å². The molecule has 1 aromatic heterocycles. The zero-order chi connectivity index (χ0) is 18.6. The molecule has 7 nitrogen and oxygen atoms in total. The Bertz CT molecular complexity index is 948. The minimum absolute atomic E-state index is 0.0480. The molecule has 2 amide bonds. The van der Waals surface area contributed by atoms with Gasteiger partial charge in [-0.2, -0.15) is 8.78 Å². The molecule has 1 aromatic carbocycles. The van der Waals surface area contributed by atoms with Gasteiger partial charge in [-0.25, -0.2) is 0 Å². The number of amides is 2. The minimum atomic E-state index is -4.16. The Morgan fingerprint density at radius 2 is 1.84 bits per heavy atom. The molecule has 2 aromatic rings. The highest BCUT2D eigenvalue weighted by Gasteiger charge is 2.64. The Morgan fingerprint density at radius 1 is 1.28 bits per heavy atom. The van der Waals surface area contributed by atoms with E-state index in [1.807, 2.05) is 0 Å². The Morgan fingerprint density at radius 3 is 2.40 bits per heavy atom. The third kappa shape index (κ3) is 2.39. The van der Waals surface area contributed by atoms with E-state index >= 15 is 0 Å². The summed E-state index contributed by atoms with van der Waals surface area (Å²) in [6.07, 6.45) is 0. The highest BCUT2D eigenvalue weighted by Crippen LogP contribution is 2.37. The van der Waals surface area contributed by atoms with E-state index in [0.717, 1.165) is 4.90 Å². The third-order valence-electron chi connectivity index (χ3n) is 4.49. The van der Waals surface area contributed by atoms with Crippen LogP contribution in [0.25, 0.3) is 10.8 Å². The summed E-state index contributed by atoms with van der Waals surface area (Å²) in [7, 11) is 0. The van der Waals surface area contributed by atoms with Crippen LogP contribution in [0, 0.1) is 6.92 Å². The maximum Gasteiger partial charge on any atom is 0.355 e. The van der Waals surface area contributed by atoms with Gasteiger partial charge in [0.15, 0.2) is 5.60 Å². The average Bonchev–Trinajstić information content (AvgIpc) is 2.54. The van der Waals surface area contributed by atoms with Gasteiger partial charge >= 0.3 is 5.92 Å². The van der Waals surface area contributed by atoms with Gasteiger partial charge in [-0.1, -0.05) is 18.2 Å². The number of alkyl halides is 2. The van der Waals surface area contributed by atoms with Crippen LogP contribution in [0.3, 0.4) is 0 Å². The zero-order valence-electron chi connectivity index (χ0n) is 13.2. The van der Waals surface area contributed by atoms with Gasteiger partial charge in [0.1, 0.15) is 5.69 Å². The van der Waals surface area contributed by atoms with E-state index in [0.29, 0.717) is 16.3 Å². The molecule has 9 heteroatoms. The van der Waals surface area contributed by atoms with E-state index in [-0.39, 0.29) is 5.69 Å². The average molecular weight is 351 g/mol. The number of nitrogens with two attached hydrogens (primary N) is 1. The number of β-amino-alcohol motifs (C(OH)–C–C–N with tert-alkyl or cyclic N) is 1. The van der Waals surface area contributed by atoms with Crippen LogP contribution >= 0.6 is 0 Å². The fraction of sp³-hybridized carbons (Fsp3) is 0.312. The lowest BCUT2D eigenvalue weighted by atomic mass is 9.86. The van der Waals surface area contributed by atoms with Crippen LogP contribution in [0.15, 0.2) is 29.1 Å². The van der Waals surface area contributed by atoms with E-state index in [1.54, 1.807) is 31.2 Å². The maximum absolute atomic E-state index is 13.6. The van der Waals surface area contributed by atoms with E-state index in [1.165, 1.54) is 0 Å². The number of rotatable bonds is 3. The number of hydrogen-bond acceptors (Lipinski definition) is 4. The molecule has 0 spiro atoms. The molecule has 0 saturated carbocycles. The smallest absolute Gasteiger partial charge is 0.355 e. The molecule has 25 heavy (non-hydrogen) atoms. The number of halogens is 2. The SMILES string of the molecule is Cc1c(C(=O)N2CC(O)(C(F)(F)C(N)=O)C2)[nH]c(=O)c2ccccc12. The Hall–Kier alpha value is -2.81. The second kappa shape index (κ2) is 5.35. The molecule has 1 fully saturated rings. The lowest BCUT2D eigenvalue weighted by molar-refractivity contribution is -0.224. The van der Waals surface area contributed by atoms with Gasteiger partial charge in [0.2, 0.25) is 0 Å². The Kier molecular flexibility index (Phi) is 3.64. The van der Waals surface area contributed by atoms with Gasteiger partial charge in [-0.15, -0.1) is 0 Å². The van der Waals surface area contributed by atoms with E-state index < -0.39 is 42.0 Å². The number of benzene rings is 1. The molecule has 0 unspecified atom stereocenters. The number of aromatic amines is 1. The van der Waals surface area contributed by atoms with Crippen LogP contribution < -0.4 is 11.3 Å². The van der Waals surface area contributed by atoms with Crippen molar-refractivity contribution in [2.75, 3.05) is 13.1 Å². The molecular weight excluding hydrogens is 336 g/mol. The molecule has 0 bridgehead atoms. The van der Waals surface area contributed by atoms with Crippen LogP contribution in [0.2, 0.25) is 0 Å². The second-order valence-electron chi connectivity index (χ2n) is 6.13. The van der Waals surface area contributed by atoms with E-state index in [2.05, 4.69) is 10.7 Å². The fourth-order valence-corrected chi connectivity index (χ4v) is 2.95. The normalized spacial score (nSPS) is 16.6. The molecule has 0 aliphatic carbocycles. The van der Waals surface area contributed by atoms with Crippen molar-refractivity contribution >= 4 is 22.6 Å². The van der Waals surface area contributed by atoms with Gasteiger partial charge in [0.25, 0.3) is 17.4 Å². The molecule has 1 aliphatic rings. The van der Waals surface area contributed by atoms with Crippen molar-refractivity contribution in [1.82, 2.24) is 9.88 Å². The molecule has 4 N–H and O–H groups in total. The number of aromatic nitrogens is 1. The van der Waals surface area contributed by atoms with Gasteiger partial charge < -0.3 is 20.7 Å². The van der Waals surface area contributed by atoms with Crippen molar-refractivity contribution in [3.63, 3.8) is 0 Å². The number of primary amides is 1. The highest BCUT2D eigenvalue weighted by atomic mass is 19.3. The molecule has 3 rings (SSSR count). The van der Waals surface area contributed by atoms with Crippen molar-refractivity contribution in [2.24, 2.45) is 5.73 Å². The number of carbonyl (C=O) groups is 2. The van der Waals surface area contributed by atoms with Crippen molar-refractivity contribution in [1.29, 1.82) is 0 Å². The van der Waals surface area contributed by atoms with Gasteiger partial charge in [0.05, 0.1) is 13.1 Å². The monoisotopic (exact) mass is 351 g/mol. The lowest BCUT2D eigenvalue weighted by Gasteiger charge is -2.48. The van der Waals surface area contributed by atoms with Crippen molar-refractivity contribution in [3.8, 4) is 0 Å². The fourth-order valence-electron chi connectivity index (χ4n) is 2.95. The first-order chi connectivity index (χ1) is 11.6. The number of aliphatic hydroxyl groups is 1. The Labute approximate surface area is 140 Å². The van der Waals surface area contributed by atoms with Gasteiger partial charge in [-0.3, -0.25) is 14.4 Å². The van der Waals surface area contributed by atoms with Gasteiger partial charge in [0, 0.05) is 5.39 Å². The first-order valence-electron chi connectivity index (χ1n) is 7.39. The van der Waals surface area contributed by atoms with Crippen molar-refractivity contribution in [3.05, 3.63) is 45.9 Å². The topological polar surface area (TPSA) is 116 Å². The maximum atomic E-state index is 13.6.